The number of primary amides is 1. The summed E-state index contributed by atoms with van der Waals surface area (Å²) < 4.78 is 5.31. The maximum atomic E-state index is 11.5. The Balaban J connectivity index is 2.24. The van der Waals surface area contributed by atoms with Crippen molar-refractivity contribution < 1.29 is 24.9 Å². The van der Waals surface area contributed by atoms with Crippen LogP contribution in [0.5, 0.6) is 0 Å². The van der Waals surface area contributed by atoms with Crippen molar-refractivity contribution in [3.05, 3.63) is 11.6 Å². The molecule has 5 atom stereocenters. The van der Waals surface area contributed by atoms with Crippen LogP contribution in [0.2, 0.25) is 0 Å². The van der Waals surface area contributed by atoms with Crippen molar-refractivity contribution in [2.45, 2.75) is 29.3 Å². The number of aliphatic hydroxyl groups is 3. The van der Waals surface area contributed by atoms with E-state index in [0.717, 1.165) is 11.8 Å². The molecule has 1 saturated heterocycles. The lowest BCUT2D eigenvalue weighted by atomic mass is 10.0. The van der Waals surface area contributed by atoms with Crippen molar-refractivity contribution in [3.8, 4) is 0 Å². The average molecular weight is 262 g/mol. The Morgan fingerprint density at radius 3 is 2.65 bits per heavy atom. The van der Waals surface area contributed by atoms with Gasteiger partial charge in [0.2, 0.25) is 0 Å². The van der Waals surface area contributed by atoms with Crippen molar-refractivity contribution in [2.24, 2.45) is 5.73 Å². The van der Waals surface area contributed by atoms with Crippen molar-refractivity contribution in [2.75, 3.05) is 6.61 Å². The molecule has 0 aromatic carbocycles. The number of nitrogens with two attached hydrogens (primary N) is 1. The van der Waals surface area contributed by atoms with Gasteiger partial charge in [0, 0.05) is 6.20 Å². The van der Waals surface area contributed by atoms with E-state index >= 15 is 0 Å². The van der Waals surface area contributed by atoms with Gasteiger partial charge in [-0.3, -0.25) is 4.79 Å². The Hall–Kier alpha value is -0.800. The normalized spacial score (nSPS) is 44.9. The van der Waals surface area contributed by atoms with E-state index in [1.165, 1.54) is 6.20 Å². The predicted octanol–water partition coefficient (Wildman–Crippen LogP) is -2.54. The zero-order chi connectivity index (χ0) is 12.6. The maximum Gasteiger partial charge on any atom is 0.256 e. The van der Waals surface area contributed by atoms with Crippen LogP contribution in [0.15, 0.2) is 11.6 Å². The zero-order valence-electron chi connectivity index (χ0n) is 8.81. The number of aliphatic hydroxyl groups excluding tert-OH is 3. The molecule has 96 valence electrons. The fourth-order valence-corrected chi connectivity index (χ4v) is 2.92. The van der Waals surface area contributed by atoms with Gasteiger partial charge in [0.25, 0.3) is 5.91 Å². The van der Waals surface area contributed by atoms with Crippen LogP contribution < -0.4 is 11.1 Å². The Morgan fingerprint density at radius 2 is 2.24 bits per heavy atom. The lowest BCUT2D eigenvalue weighted by molar-refractivity contribution is -0.127. The highest BCUT2D eigenvalue weighted by Gasteiger charge is 2.57. The van der Waals surface area contributed by atoms with Crippen molar-refractivity contribution in [1.82, 2.24) is 5.32 Å². The highest BCUT2D eigenvalue weighted by Crippen LogP contribution is 2.39. The van der Waals surface area contributed by atoms with Crippen LogP contribution in [0.4, 0.5) is 0 Å². The van der Waals surface area contributed by atoms with Gasteiger partial charge in [0.15, 0.2) is 4.87 Å². The number of rotatable bonds is 3. The van der Waals surface area contributed by atoms with Gasteiger partial charge in [-0.2, -0.15) is 0 Å². The first-order valence-corrected chi connectivity index (χ1v) is 5.94. The monoisotopic (exact) mass is 262 g/mol. The number of nitrogens with one attached hydrogen (secondary N) is 1. The number of amides is 1. The first-order valence-electron chi connectivity index (χ1n) is 5.06. The second kappa shape index (κ2) is 4.46. The maximum absolute atomic E-state index is 11.5. The molecule has 0 radical (unpaired) electrons. The lowest BCUT2D eigenvalue weighted by Gasteiger charge is -2.32. The minimum absolute atomic E-state index is 0.443. The van der Waals surface area contributed by atoms with E-state index in [0.29, 0.717) is 0 Å². The summed E-state index contributed by atoms with van der Waals surface area (Å²) in [6, 6.07) is 0. The molecule has 2 rings (SSSR count). The summed E-state index contributed by atoms with van der Waals surface area (Å²) in [7, 11) is 0. The summed E-state index contributed by atoms with van der Waals surface area (Å²) in [6.45, 7) is -0.443. The van der Waals surface area contributed by atoms with Crippen LogP contribution in [0.1, 0.15) is 0 Å². The summed E-state index contributed by atoms with van der Waals surface area (Å²) in [5.74, 6) is -0.706. The Bertz CT molecular complexity index is 342. The topological polar surface area (TPSA) is 125 Å². The molecule has 7 nitrogen and oxygen atoms in total. The number of ether oxygens (including phenoxy) is 1. The molecule has 0 spiro atoms. The molecular weight excluding hydrogens is 248 g/mol. The van der Waals surface area contributed by atoms with Gasteiger partial charge in [-0.05, 0) is 5.41 Å². The standard InChI is InChI=1S/C9H14N2O5S/c10-8(15)9(11-1-2-17-9)7-6(14)5(13)4(3-12)16-7/h1-2,4-7,11-14H,3H2,(H2,10,15)/t4-,5-,6-,7?,9?/m1/s1. The molecule has 2 aliphatic rings. The van der Waals surface area contributed by atoms with Crippen LogP contribution in [0.3, 0.4) is 0 Å². The van der Waals surface area contributed by atoms with Crippen molar-refractivity contribution >= 4 is 17.7 Å². The van der Waals surface area contributed by atoms with Crippen molar-refractivity contribution in [3.63, 3.8) is 0 Å². The Kier molecular flexibility index (Phi) is 3.32. The van der Waals surface area contributed by atoms with Gasteiger partial charge in [0.1, 0.15) is 24.4 Å². The summed E-state index contributed by atoms with van der Waals surface area (Å²) in [5, 5.41) is 32.8. The molecule has 0 aliphatic carbocycles. The van der Waals surface area contributed by atoms with Gasteiger partial charge in [0.05, 0.1) is 6.61 Å². The van der Waals surface area contributed by atoms with Crippen LogP contribution in [-0.2, 0) is 9.53 Å². The highest BCUT2D eigenvalue weighted by molar-refractivity contribution is 8.04. The van der Waals surface area contributed by atoms with E-state index in [2.05, 4.69) is 5.32 Å². The van der Waals surface area contributed by atoms with E-state index in [9.17, 15) is 15.0 Å². The minimum atomic E-state index is -1.34. The SMILES string of the molecule is NC(=O)C1(C2O[C@H](CO)[C@@H](O)[C@H]2O)NC=CS1. The molecule has 2 aliphatic heterocycles. The lowest BCUT2D eigenvalue weighted by Crippen LogP contribution is -2.60. The average Bonchev–Trinajstić information content (AvgIpc) is 2.87. The fraction of sp³-hybridized carbons (Fsp3) is 0.667. The van der Waals surface area contributed by atoms with Crippen molar-refractivity contribution in [1.29, 1.82) is 0 Å². The third kappa shape index (κ3) is 1.81. The van der Waals surface area contributed by atoms with Gasteiger partial charge >= 0.3 is 0 Å². The molecule has 1 amide bonds. The smallest absolute Gasteiger partial charge is 0.256 e. The van der Waals surface area contributed by atoms with E-state index in [1.54, 1.807) is 5.41 Å². The van der Waals surface area contributed by atoms with E-state index in [-0.39, 0.29) is 0 Å². The van der Waals surface area contributed by atoms with Gasteiger partial charge in [-0.25, -0.2) is 0 Å². The number of thioether (sulfide) groups is 1. The second-order valence-corrected chi connectivity index (χ2v) is 5.08. The number of carbonyl (C=O) groups excluding carboxylic acids is 1. The highest BCUT2D eigenvalue weighted by atomic mass is 32.2. The molecular formula is C9H14N2O5S. The van der Waals surface area contributed by atoms with Gasteiger partial charge in [-0.1, -0.05) is 11.8 Å². The molecule has 0 aromatic heterocycles. The van der Waals surface area contributed by atoms with Gasteiger partial charge in [-0.15, -0.1) is 0 Å². The summed E-state index contributed by atoms with van der Waals surface area (Å²) >= 11 is 1.07. The molecule has 8 heteroatoms. The molecule has 0 bridgehead atoms. The predicted molar refractivity (Wildman–Crippen MR) is 59.6 cm³/mol. The Labute approximate surface area is 102 Å². The summed E-state index contributed by atoms with van der Waals surface area (Å²) in [5.41, 5.74) is 5.31. The first-order chi connectivity index (χ1) is 8.03. The molecule has 17 heavy (non-hydrogen) atoms. The number of hydrogen-bond acceptors (Lipinski definition) is 7. The molecule has 2 heterocycles. The van der Waals surface area contributed by atoms with Crippen LogP contribution in [-0.4, -0.2) is 57.1 Å². The van der Waals surface area contributed by atoms with Crippen LogP contribution in [0, 0.1) is 0 Å². The fourth-order valence-electron chi connectivity index (χ4n) is 1.99. The zero-order valence-corrected chi connectivity index (χ0v) is 9.63. The van der Waals surface area contributed by atoms with E-state index in [4.69, 9.17) is 15.6 Å². The van der Waals surface area contributed by atoms with Crippen LogP contribution in [0.25, 0.3) is 0 Å². The molecule has 2 unspecified atom stereocenters. The minimum Gasteiger partial charge on any atom is -0.394 e. The molecule has 1 fully saturated rings. The second-order valence-electron chi connectivity index (χ2n) is 3.92. The van der Waals surface area contributed by atoms with Gasteiger partial charge < -0.3 is 31.1 Å². The largest absolute Gasteiger partial charge is 0.394 e. The summed E-state index contributed by atoms with van der Waals surface area (Å²) in [6.07, 6.45) is -2.96. The van der Waals surface area contributed by atoms with E-state index in [1.807, 2.05) is 0 Å². The molecule has 0 aromatic rings. The third-order valence-electron chi connectivity index (χ3n) is 2.93. The Morgan fingerprint density at radius 1 is 1.53 bits per heavy atom. The van der Waals surface area contributed by atoms with Crippen LogP contribution >= 0.6 is 11.8 Å². The molecule has 0 saturated carbocycles. The third-order valence-corrected chi connectivity index (χ3v) is 4.12. The van der Waals surface area contributed by atoms with E-state index < -0.39 is 41.8 Å². The molecule has 6 N–H and O–H groups in total. The quantitative estimate of drug-likeness (QED) is 0.379. The summed E-state index contributed by atoms with van der Waals surface area (Å²) in [4.78, 5) is 10.2. The number of carbonyl (C=O) groups is 1. The number of hydrogen-bond donors (Lipinski definition) is 5. The first kappa shape index (κ1) is 12.7.